The standard InChI is InChI=1S/C23H23NO5/c1-4-29-23(27)21(25)13-11-18-15(2)24(22(26)16-8-6-5-7-9-16)20-12-10-17(28-3)14-19(18)20/h5-10,12,14H,4,11,13H2,1-3H3. The van der Waals surface area contributed by atoms with Crippen LogP contribution in [-0.2, 0) is 20.7 Å². The van der Waals surface area contributed by atoms with Gasteiger partial charge in [0.25, 0.3) is 5.91 Å². The van der Waals surface area contributed by atoms with Crippen LogP contribution in [-0.4, -0.2) is 35.9 Å². The van der Waals surface area contributed by atoms with Crippen LogP contribution in [0.4, 0.5) is 0 Å². The number of methoxy groups -OCH3 is 1. The van der Waals surface area contributed by atoms with E-state index in [1.54, 1.807) is 36.8 Å². The van der Waals surface area contributed by atoms with Gasteiger partial charge in [-0.15, -0.1) is 0 Å². The molecule has 0 atom stereocenters. The molecular weight excluding hydrogens is 370 g/mol. The summed E-state index contributed by atoms with van der Waals surface area (Å²) < 4.78 is 11.8. The molecule has 1 aromatic heterocycles. The van der Waals surface area contributed by atoms with Gasteiger partial charge in [0.2, 0.25) is 5.78 Å². The zero-order valence-corrected chi connectivity index (χ0v) is 16.7. The minimum absolute atomic E-state index is 0.00945. The summed E-state index contributed by atoms with van der Waals surface area (Å²) in [5.74, 6) is -0.905. The topological polar surface area (TPSA) is 74.6 Å². The van der Waals surface area contributed by atoms with Crippen molar-refractivity contribution in [1.82, 2.24) is 4.57 Å². The molecule has 2 aromatic carbocycles. The maximum absolute atomic E-state index is 13.2. The van der Waals surface area contributed by atoms with Gasteiger partial charge in [0.05, 0.1) is 19.2 Å². The summed E-state index contributed by atoms with van der Waals surface area (Å²) >= 11 is 0. The maximum Gasteiger partial charge on any atom is 0.374 e. The fourth-order valence-electron chi connectivity index (χ4n) is 3.43. The molecule has 0 saturated heterocycles. The maximum atomic E-state index is 13.2. The molecule has 0 aliphatic carbocycles. The van der Waals surface area contributed by atoms with Gasteiger partial charge >= 0.3 is 5.97 Å². The van der Waals surface area contributed by atoms with Crippen LogP contribution >= 0.6 is 0 Å². The van der Waals surface area contributed by atoms with Crippen LogP contribution in [0.5, 0.6) is 5.75 Å². The normalized spacial score (nSPS) is 10.7. The number of benzene rings is 2. The van der Waals surface area contributed by atoms with Crippen molar-refractivity contribution >= 4 is 28.6 Å². The lowest BCUT2D eigenvalue weighted by atomic mass is 10.0. The van der Waals surface area contributed by atoms with Gasteiger partial charge in [0, 0.05) is 23.1 Å². The summed E-state index contributed by atoms with van der Waals surface area (Å²) in [7, 11) is 1.57. The lowest BCUT2D eigenvalue weighted by molar-refractivity contribution is -0.153. The van der Waals surface area contributed by atoms with Gasteiger partial charge in [-0.05, 0) is 56.2 Å². The van der Waals surface area contributed by atoms with Crippen LogP contribution in [0.25, 0.3) is 10.9 Å². The first kappa shape index (κ1) is 20.3. The fraction of sp³-hybridized carbons (Fsp3) is 0.261. The summed E-state index contributed by atoms with van der Waals surface area (Å²) in [6.07, 6.45) is 0.331. The third-order valence-electron chi connectivity index (χ3n) is 4.87. The van der Waals surface area contributed by atoms with Crippen LogP contribution in [0.2, 0.25) is 0 Å². The largest absolute Gasteiger partial charge is 0.497 e. The SMILES string of the molecule is CCOC(=O)C(=O)CCc1c(C)n(C(=O)c2ccccc2)c2ccc(OC)cc12. The third kappa shape index (κ3) is 4.06. The van der Waals surface area contributed by atoms with Crippen LogP contribution < -0.4 is 4.74 Å². The highest BCUT2D eigenvalue weighted by Gasteiger charge is 2.22. The second kappa shape index (κ2) is 8.73. The van der Waals surface area contributed by atoms with E-state index in [0.717, 1.165) is 22.2 Å². The van der Waals surface area contributed by atoms with Crippen LogP contribution in [0.15, 0.2) is 48.5 Å². The average molecular weight is 393 g/mol. The summed E-state index contributed by atoms with van der Waals surface area (Å²) in [6, 6.07) is 14.5. The van der Waals surface area contributed by atoms with Crippen molar-refractivity contribution in [2.45, 2.75) is 26.7 Å². The van der Waals surface area contributed by atoms with Crippen molar-refractivity contribution in [3.8, 4) is 5.75 Å². The Morgan fingerprint density at radius 2 is 1.76 bits per heavy atom. The number of Topliss-reactive ketones (excluding diaryl/α,β-unsaturated/α-hetero) is 1. The van der Waals surface area contributed by atoms with E-state index in [-0.39, 0.29) is 18.9 Å². The lowest BCUT2D eigenvalue weighted by Gasteiger charge is -2.08. The van der Waals surface area contributed by atoms with Crippen molar-refractivity contribution in [1.29, 1.82) is 0 Å². The second-order valence-electron chi connectivity index (χ2n) is 6.60. The number of rotatable bonds is 7. The molecule has 29 heavy (non-hydrogen) atoms. The zero-order chi connectivity index (χ0) is 21.0. The fourth-order valence-corrected chi connectivity index (χ4v) is 3.43. The van der Waals surface area contributed by atoms with Gasteiger partial charge in [-0.3, -0.25) is 14.2 Å². The Morgan fingerprint density at radius 1 is 1.03 bits per heavy atom. The molecule has 3 rings (SSSR count). The van der Waals surface area contributed by atoms with Crippen LogP contribution in [0.1, 0.15) is 35.0 Å². The van der Waals surface area contributed by atoms with Crippen molar-refractivity contribution < 1.29 is 23.9 Å². The molecule has 0 radical (unpaired) electrons. The van der Waals surface area contributed by atoms with Crippen LogP contribution in [0, 0.1) is 6.92 Å². The Hall–Kier alpha value is -3.41. The van der Waals surface area contributed by atoms with E-state index in [0.29, 0.717) is 17.7 Å². The number of hydrogen-bond donors (Lipinski definition) is 0. The Bertz CT molecular complexity index is 1070. The average Bonchev–Trinajstić information content (AvgIpc) is 3.02. The molecule has 0 aliphatic rings. The summed E-state index contributed by atoms with van der Waals surface area (Å²) in [5, 5.41) is 0.822. The van der Waals surface area contributed by atoms with E-state index in [9.17, 15) is 14.4 Å². The molecule has 0 fully saturated rings. The first-order valence-corrected chi connectivity index (χ1v) is 9.45. The first-order valence-electron chi connectivity index (χ1n) is 9.45. The molecular formula is C23H23NO5. The number of ether oxygens (including phenoxy) is 2. The summed E-state index contributed by atoms with van der Waals surface area (Å²) in [4.78, 5) is 36.9. The monoisotopic (exact) mass is 393 g/mol. The number of aromatic nitrogens is 1. The van der Waals surface area contributed by atoms with Gasteiger partial charge in [0.15, 0.2) is 0 Å². The van der Waals surface area contributed by atoms with Crippen LogP contribution in [0.3, 0.4) is 0 Å². The van der Waals surface area contributed by atoms with E-state index >= 15 is 0 Å². The molecule has 0 aliphatic heterocycles. The highest BCUT2D eigenvalue weighted by molar-refractivity contribution is 6.33. The Balaban J connectivity index is 2.05. The number of ketones is 1. The van der Waals surface area contributed by atoms with Gasteiger partial charge in [0.1, 0.15) is 5.75 Å². The highest BCUT2D eigenvalue weighted by atomic mass is 16.5. The third-order valence-corrected chi connectivity index (χ3v) is 4.87. The number of hydrogen-bond acceptors (Lipinski definition) is 5. The molecule has 1 heterocycles. The van der Waals surface area contributed by atoms with E-state index in [1.807, 2.05) is 37.3 Å². The second-order valence-corrected chi connectivity index (χ2v) is 6.60. The molecule has 0 unspecified atom stereocenters. The van der Waals surface area contributed by atoms with E-state index in [1.165, 1.54) is 0 Å². The Morgan fingerprint density at radius 3 is 2.41 bits per heavy atom. The minimum atomic E-state index is -0.827. The lowest BCUT2D eigenvalue weighted by Crippen LogP contribution is -2.18. The molecule has 6 nitrogen and oxygen atoms in total. The summed E-state index contributed by atoms with van der Waals surface area (Å²) in [5.41, 5.74) is 2.87. The quantitative estimate of drug-likeness (QED) is 0.452. The van der Waals surface area contributed by atoms with E-state index in [4.69, 9.17) is 9.47 Å². The van der Waals surface area contributed by atoms with Gasteiger partial charge in [-0.2, -0.15) is 0 Å². The first-order chi connectivity index (χ1) is 14.0. The predicted molar refractivity (Wildman–Crippen MR) is 109 cm³/mol. The Labute approximate surface area is 169 Å². The number of nitrogens with zero attached hydrogens (tertiary/aromatic N) is 1. The van der Waals surface area contributed by atoms with Crippen molar-refractivity contribution in [3.63, 3.8) is 0 Å². The number of carbonyl (C=O) groups excluding carboxylic acids is 3. The van der Waals surface area contributed by atoms with Crippen molar-refractivity contribution in [2.75, 3.05) is 13.7 Å². The van der Waals surface area contributed by atoms with Gasteiger partial charge in [-0.25, -0.2) is 4.79 Å². The molecule has 6 heteroatoms. The predicted octanol–water partition coefficient (Wildman–Crippen LogP) is 3.71. The minimum Gasteiger partial charge on any atom is -0.497 e. The van der Waals surface area contributed by atoms with Gasteiger partial charge < -0.3 is 9.47 Å². The number of carbonyl (C=O) groups is 3. The van der Waals surface area contributed by atoms with Crippen molar-refractivity contribution in [3.05, 3.63) is 65.4 Å². The Kier molecular flexibility index (Phi) is 6.12. The molecule has 0 spiro atoms. The molecule has 0 amide bonds. The molecule has 0 N–H and O–H groups in total. The molecule has 0 saturated carbocycles. The number of fused-ring (bicyclic) bond motifs is 1. The molecule has 150 valence electrons. The summed E-state index contributed by atoms with van der Waals surface area (Å²) in [6.45, 7) is 3.66. The molecule has 0 bridgehead atoms. The molecule has 3 aromatic rings. The highest BCUT2D eigenvalue weighted by Crippen LogP contribution is 2.31. The number of aryl methyl sites for hydroxylation is 1. The zero-order valence-electron chi connectivity index (χ0n) is 16.7. The van der Waals surface area contributed by atoms with Gasteiger partial charge in [-0.1, -0.05) is 18.2 Å². The van der Waals surface area contributed by atoms with E-state index in [2.05, 4.69) is 0 Å². The number of esters is 1. The smallest absolute Gasteiger partial charge is 0.374 e. The van der Waals surface area contributed by atoms with E-state index < -0.39 is 11.8 Å². The van der Waals surface area contributed by atoms with Crippen molar-refractivity contribution in [2.24, 2.45) is 0 Å².